The van der Waals surface area contributed by atoms with Crippen molar-refractivity contribution in [3.8, 4) is 6.07 Å². The molecule has 1 aromatic rings. The number of carbonyl (C=O) groups excluding carboxylic acids is 3. The van der Waals surface area contributed by atoms with Crippen LogP contribution in [0.2, 0.25) is 0 Å². The van der Waals surface area contributed by atoms with E-state index in [1.807, 2.05) is 36.4 Å². The normalized spacial score (nSPS) is 24.4. The van der Waals surface area contributed by atoms with Crippen LogP contribution in [0.15, 0.2) is 30.3 Å². The maximum Gasteiger partial charge on any atom is 0.330 e. The zero-order valence-electron chi connectivity index (χ0n) is 16.0. The number of amides is 2. The summed E-state index contributed by atoms with van der Waals surface area (Å²) in [4.78, 5) is 40.2. The van der Waals surface area contributed by atoms with Crippen molar-refractivity contribution in [2.24, 2.45) is 0 Å². The summed E-state index contributed by atoms with van der Waals surface area (Å²) in [6.07, 6.45) is 0.280. The van der Waals surface area contributed by atoms with Gasteiger partial charge in [-0.1, -0.05) is 30.3 Å². The van der Waals surface area contributed by atoms with Gasteiger partial charge in [0, 0.05) is 25.8 Å². The lowest BCUT2D eigenvalue weighted by atomic mass is 10.0. The first-order valence-corrected chi connectivity index (χ1v) is 10.2. The molecule has 3 atom stereocenters. The van der Waals surface area contributed by atoms with E-state index in [0.717, 1.165) is 5.56 Å². The zero-order valence-corrected chi connectivity index (χ0v) is 16.8. The van der Waals surface area contributed by atoms with Crippen LogP contribution in [-0.2, 0) is 24.0 Å². The highest BCUT2D eigenvalue weighted by molar-refractivity contribution is 8.00. The number of nitrogens with zero attached hydrogens (tertiary/aromatic N) is 3. The second-order valence-corrected chi connectivity index (χ2v) is 8.29. The molecule has 148 valence electrons. The Morgan fingerprint density at radius 1 is 1.43 bits per heavy atom. The standard InChI is InChI=1S/C20H23N3O4S/c1-14(18(25)22(2)12-6-11-21)27-19(26)16-13-28-20(10-9-17(24)23(16)20)15-7-4-3-5-8-15/h3-5,7-8,14,16H,6,9-10,12-13H2,1-2H3/t14-,16-,20-/m1/s1. The summed E-state index contributed by atoms with van der Waals surface area (Å²) in [5.41, 5.74) is 1.00. The number of fused-ring (bicyclic) bond motifs is 1. The van der Waals surface area contributed by atoms with Crippen molar-refractivity contribution in [2.45, 2.75) is 43.2 Å². The molecule has 0 aromatic heterocycles. The number of carbonyl (C=O) groups is 3. The van der Waals surface area contributed by atoms with Gasteiger partial charge in [0.1, 0.15) is 10.9 Å². The van der Waals surface area contributed by atoms with Crippen LogP contribution in [0.3, 0.4) is 0 Å². The van der Waals surface area contributed by atoms with Gasteiger partial charge in [-0.15, -0.1) is 11.8 Å². The number of hydrogen-bond donors (Lipinski definition) is 0. The zero-order chi connectivity index (χ0) is 20.3. The van der Waals surface area contributed by atoms with Crippen LogP contribution >= 0.6 is 11.8 Å². The lowest BCUT2D eigenvalue weighted by molar-refractivity contribution is -0.164. The Bertz CT molecular complexity index is 809. The van der Waals surface area contributed by atoms with Gasteiger partial charge in [-0.05, 0) is 18.9 Å². The molecule has 2 aliphatic rings. The summed E-state index contributed by atoms with van der Waals surface area (Å²) in [5.74, 6) is -0.558. The molecule has 2 amide bonds. The summed E-state index contributed by atoms with van der Waals surface area (Å²) in [6.45, 7) is 1.79. The Balaban J connectivity index is 1.72. The molecule has 2 aliphatic heterocycles. The van der Waals surface area contributed by atoms with Crippen molar-refractivity contribution in [3.63, 3.8) is 0 Å². The first kappa shape index (κ1) is 20.2. The van der Waals surface area contributed by atoms with Crippen LogP contribution in [-0.4, -0.2) is 59.1 Å². The molecule has 2 saturated heterocycles. The summed E-state index contributed by atoms with van der Waals surface area (Å²) in [5, 5.41) is 8.64. The Morgan fingerprint density at radius 3 is 2.82 bits per heavy atom. The van der Waals surface area contributed by atoms with E-state index in [9.17, 15) is 14.4 Å². The number of likely N-dealkylation sites (N-methyl/N-ethyl adjacent to an activating group) is 1. The molecule has 2 fully saturated rings. The van der Waals surface area contributed by atoms with E-state index >= 15 is 0 Å². The minimum atomic E-state index is -0.967. The largest absolute Gasteiger partial charge is 0.451 e. The number of rotatable bonds is 6. The molecule has 1 aromatic carbocycles. The van der Waals surface area contributed by atoms with Gasteiger partial charge in [-0.25, -0.2) is 4.79 Å². The predicted octanol–water partition coefficient (Wildman–Crippen LogP) is 1.88. The third kappa shape index (κ3) is 3.59. The summed E-state index contributed by atoms with van der Waals surface area (Å²) in [6, 6.07) is 11.0. The summed E-state index contributed by atoms with van der Waals surface area (Å²) in [7, 11) is 1.57. The van der Waals surface area contributed by atoms with Gasteiger partial charge in [-0.3, -0.25) is 9.59 Å². The van der Waals surface area contributed by atoms with E-state index in [4.69, 9.17) is 10.00 Å². The van der Waals surface area contributed by atoms with Gasteiger partial charge < -0.3 is 14.5 Å². The highest BCUT2D eigenvalue weighted by Crippen LogP contribution is 2.54. The fraction of sp³-hybridized carbons (Fsp3) is 0.500. The highest BCUT2D eigenvalue weighted by Gasteiger charge is 2.57. The van der Waals surface area contributed by atoms with Crippen molar-refractivity contribution in [1.82, 2.24) is 9.80 Å². The van der Waals surface area contributed by atoms with E-state index in [0.29, 0.717) is 18.6 Å². The van der Waals surface area contributed by atoms with Crippen LogP contribution in [0.25, 0.3) is 0 Å². The highest BCUT2D eigenvalue weighted by atomic mass is 32.2. The van der Waals surface area contributed by atoms with Crippen LogP contribution in [0.5, 0.6) is 0 Å². The smallest absolute Gasteiger partial charge is 0.330 e. The molecule has 0 radical (unpaired) electrons. The second-order valence-electron chi connectivity index (χ2n) is 6.99. The number of hydrogen-bond acceptors (Lipinski definition) is 6. The van der Waals surface area contributed by atoms with Gasteiger partial charge in [-0.2, -0.15) is 5.26 Å². The average molecular weight is 401 g/mol. The van der Waals surface area contributed by atoms with Gasteiger partial charge >= 0.3 is 5.97 Å². The Hall–Kier alpha value is -2.53. The molecule has 7 nitrogen and oxygen atoms in total. The Labute approximate surface area is 168 Å². The van der Waals surface area contributed by atoms with Crippen molar-refractivity contribution in [1.29, 1.82) is 5.26 Å². The van der Waals surface area contributed by atoms with Crippen molar-refractivity contribution in [2.75, 3.05) is 19.3 Å². The van der Waals surface area contributed by atoms with E-state index in [2.05, 4.69) is 0 Å². The maximum atomic E-state index is 12.8. The molecule has 0 bridgehead atoms. The van der Waals surface area contributed by atoms with Crippen LogP contribution < -0.4 is 0 Å². The van der Waals surface area contributed by atoms with Crippen LogP contribution in [0.4, 0.5) is 0 Å². The molecule has 28 heavy (non-hydrogen) atoms. The number of ether oxygens (including phenoxy) is 1. The lowest BCUT2D eigenvalue weighted by Gasteiger charge is -2.34. The summed E-state index contributed by atoms with van der Waals surface area (Å²) >= 11 is 1.58. The van der Waals surface area contributed by atoms with Crippen molar-refractivity contribution >= 4 is 29.5 Å². The topological polar surface area (TPSA) is 90.7 Å². The first-order chi connectivity index (χ1) is 13.4. The third-order valence-electron chi connectivity index (χ3n) is 5.20. The Kier molecular flexibility index (Phi) is 5.94. The molecule has 2 heterocycles. The number of esters is 1. The number of thioether (sulfide) groups is 1. The van der Waals surface area contributed by atoms with Gasteiger partial charge in [0.25, 0.3) is 5.91 Å². The molecule has 0 aliphatic carbocycles. The molecule has 0 spiro atoms. The molecule has 3 rings (SSSR count). The molecule has 0 saturated carbocycles. The van der Waals surface area contributed by atoms with E-state index < -0.39 is 23.0 Å². The SMILES string of the molecule is C[C@@H](OC(=O)[C@H]1CS[C@@]2(c3ccccc3)CCC(=O)N12)C(=O)N(C)CCC#N. The van der Waals surface area contributed by atoms with E-state index in [1.165, 1.54) is 11.8 Å². The van der Waals surface area contributed by atoms with Crippen LogP contribution in [0.1, 0.15) is 31.7 Å². The lowest BCUT2D eigenvalue weighted by Crippen LogP contribution is -2.48. The third-order valence-corrected chi connectivity index (χ3v) is 6.80. The van der Waals surface area contributed by atoms with Crippen molar-refractivity contribution in [3.05, 3.63) is 35.9 Å². The van der Waals surface area contributed by atoms with Gasteiger partial charge in [0.15, 0.2) is 6.10 Å². The van der Waals surface area contributed by atoms with E-state index in [1.54, 1.807) is 23.7 Å². The molecule has 8 heteroatoms. The van der Waals surface area contributed by atoms with Crippen LogP contribution in [0, 0.1) is 11.3 Å². The monoisotopic (exact) mass is 401 g/mol. The van der Waals surface area contributed by atoms with Gasteiger partial charge in [0.2, 0.25) is 5.91 Å². The average Bonchev–Trinajstić information content (AvgIpc) is 3.25. The second kappa shape index (κ2) is 8.23. The van der Waals surface area contributed by atoms with E-state index in [-0.39, 0.29) is 24.8 Å². The molecular formula is C20H23N3O4S. The molecule has 0 N–H and O–H groups in total. The number of benzene rings is 1. The Morgan fingerprint density at radius 2 is 2.14 bits per heavy atom. The minimum absolute atomic E-state index is 0.0686. The quantitative estimate of drug-likeness (QED) is 0.676. The molecule has 0 unspecified atom stereocenters. The summed E-state index contributed by atoms with van der Waals surface area (Å²) < 4.78 is 5.41. The fourth-order valence-corrected chi connectivity index (χ4v) is 5.39. The fourth-order valence-electron chi connectivity index (χ4n) is 3.76. The predicted molar refractivity (Wildman–Crippen MR) is 104 cm³/mol. The first-order valence-electron chi connectivity index (χ1n) is 9.25. The minimum Gasteiger partial charge on any atom is -0.451 e. The molecular weight excluding hydrogens is 378 g/mol. The van der Waals surface area contributed by atoms with Gasteiger partial charge in [0.05, 0.1) is 12.5 Å². The van der Waals surface area contributed by atoms with Crippen molar-refractivity contribution < 1.29 is 19.1 Å². The maximum absolute atomic E-state index is 12.8. The number of nitriles is 1.